The number of hydrogen-bond acceptors (Lipinski definition) is 5. The zero-order chi connectivity index (χ0) is 12.7. The average Bonchev–Trinajstić information content (AvgIpc) is 2.37. The summed E-state index contributed by atoms with van der Waals surface area (Å²) in [6, 6.07) is 6.60. The van der Waals surface area contributed by atoms with Crippen LogP contribution in [0, 0.1) is 0 Å². The fourth-order valence-corrected chi connectivity index (χ4v) is 1.86. The molecule has 0 fully saturated rings. The first-order valence-corrected chi connectivity index (χ1v) is 6.38. The van der Waals surface area contributed by atoms with Gasteiger partial charge in [0.2, 0.25) is 0 Å². The van der Waals surface area contributed by atoms with Crippen molar-refractivity contribution in [3.63, 3.8) is 0 Å². The van der Waals surface area contributed by atoms with E-state index in [-0.39, 0.29) is 0 Å². The molecule has 0 aliphatic carbocycles. The van der Waals surface area contributed by atoms with Gasteiger partial charge in [-0.25, -0.2) is 4.57 Å². The Morgan fingerprint density at radius 2 is 1.71 bits per heavy atom. The van der Waals surface area contributed by atoms with E-state index in [0.717, 1.165) is 0 Å². The monoisotopic (exact) mass is 258 g/mol. The van der Waals surface area contributed by atoms with Crippen LogP contribution < -0.4 is 9.26 Å². The Balaban J connectivity index is 2.76. The lowest BCUT2D eigenvalue weighted by Gasteiger charge is -2.14. The number of benzene rings is 1. The maximum atomic E-state index is 11.9. The highest BCUT2D eigenvalue weighted by Crippen LogP contribution is 2.49. The van der Waals surface area contributed by atoms with Crippen molar-refractivity contribution in [1.29, 1.82) is 0 Å². The van der Waals surface area contributed by atoms with E-state index < -0.39 is 7.82 Å². The molecule has 17 heavy (non-hydrogen) atoms. The number of hydrogen-bond donors (Lipinski definition) is 0. The van der Waals surface area contributed by atoms with E-state index in [0.29, 0.717) is 11.5 Å². The topological polar surface area (TPSA) is 54.0 Å². The predicted molar refractivity (Wildman–Crippen MR) is 64.1 cm³/mol. The molecule has 0 N–H and O–H groups in total. The first-order valence-electron chi connectivity index (χ1n) is 4.92. The molecule has 5 nitrogen and oxygen atoms in total. The van der Waals surface area contributed by atoms with Crippen LogP contribution in [0.4, 0.5) is 0 Å². The van der Waals surface area contributed by atoms with Crippen LogP contribution in [0.3, 0.4) is 0 Å². The molecule has 0 saturated heterocycles. The van der Waals surface area contributed by atoms with Gasteiger partial charge in [0, 0.05) is 7.11 Å². The second kappa shape index (κ2) is 6.33. The first kappa shape index (κ1) is 13.6. The van der Waals surface area contributed by atoms with Crippen molar-refractivity contribution in [2.75, 3.05) is 14.2 Å². The summed E-state index contributed by atoms with van der Waals surface area (Å²) in [7, 11) is -0.772. The number of phosphoric acid groups is 1. The Hall–Kier alpha value is -1.45. The van der Waals surface area contributed by atoms with E-state index in [1.165, 1.54) is 13.4 Å². The van der Waals surface area contributed by atoms with E-state index in [4.69, 9.17) is 18.3 Å². The zero-order valence-electron chi connectivity index (χ0n) is 9.95. The number of ether oxygens (including phenoxy) is 1. The molecular formula is C11H15O5P. The van der Waals surface area contributed by atoms with E-state index in [2.05, 4.69) is 0 Å². The Bertz CT molecular complexity index is 412. The van der Waals surface area contributed by atoms with Crippen LogP contribution in [-0.4, -0.2) is 14.2 Å². The molecule has 0 bridgehead atoms. The predicted octanol–water partition coefficient (Wildman–Crippen LogP) is 3.38. The minimum Gasteiger partial charge on any atom is -0.497 e. The van der Waals surface area contributed by atoms with Gasteiger partial charge in [-0.3, -0.25) is 4.52 Å². The molecule has 0 amide bonds. The second-order valence-electron chi connectivity index (χ2n) is 2.97. The lowest BCUT2D eigenvalue weighted by molar-refractivity contribution is 0.229. The molecule has 0 aromatic heterocycles. The van der Waals surface area contributed by atoms with Gasteiger partial charge in [-0.1, -0.05) is 6.08 Å². The maximum Gasteiger partial charge on any atom is 0.586 e. The molecular weight excluding hydrogens is 243 g/mol. The van der Waals surface area contributed by atoms with Gasteiger partial charge in [0.25, 0.3) is 0 Å². The lowest BCUT2D eigenvalue weighted by atomic mass is 10.3. The summed E-state index contributed by atoms with van der Waals surface area (Å²) >= 11 is 0. The third kappa shape index (κ3) is 4.13. The normalized spacial score (nSPS) is 14.3. The molecule has 0 aliphatic rings. The fraction of sp³-hybridized carbons (Fsp3) is 0.273. The van der Waals surface area contributed by atoms with E-state index >= 15 is 0 Å². The van der Waals surface area contributed by atoms with Crippen molar-refractivity contribution in [3.05, 3.63) is 36.6 Å². The molecule has 0 aliphatic heterocycles. The van der Waals surface area contributed by atoms with Crippen molar-refractivity contribution in [2.24, 2.45) is 0 Å². The van der Waals surface area contributed by atoms with Crippen LogP contribution in [0.1, 0.15) is 6.92 Å². The van der Waals surface area contributed by atoms with Crippen LogP contribution in [0.25, 0.3) is 0 Å². The highest BCUT2D eigenvalue weighted by molar-refractivity contribution is 7.49. The SMILES string of the molecule is C/C=C/OP(=O)(OC)Oc1ccc(OC)cc1. The van der Waals surface area contributed by atoms with Crippen molar-refractivity contribution in [1.82, 2.24) is 0 Å². The first-order chi connectivity index (χ1) is 8.13. The number of phosphoric ester groups is 1. The summed E-state index contributed by atoms with van der Waals surface area (Å²) in [6.45, 7) is 1.73. The maximum absolute atomic E-state index is 11.9. The number of methoxy groups -OCH3 is 1. The Morgan fingerprint density at radius 3 is 2.18 bits per heavy atom. The van der Waals surface area contributed by atoms with Gasteiger partial charge in [0.05, 0.1) is 13.4 Å². The smallest absolute Gasteiger partial charge is 0.497 e. The summed E-state index contributed by atoms with van der Waals surface area (Å²) in [4.78, 5) is 0. The van der Waals surface area contributed by atoms with Gasteiger partial charge in [0.15, 0.2) is 0 Å². The molecule has 0 saturated carbocycles. The van der Waals surface area contributed by atoms with Crippen LogP contribution in [0.5, 0.6) is 11.5 Å². The van der Waals surface area contributed by atoms with Gasteiger partial charge < -0.3 is 13.8 Å². The largest absolute Gasteiger partial charge is 0.586 e. The van der Waals surface area contributed by atoms with Crippen molar-refractivity contribution in [2.45, 2.75) is 6.92 Å². The minimum absolute atomic E-state index is 0.375. The number of allylic oxidation sites excluding steroid dienone is 1. The molecule has 1 aromatic carbocycles. The Kier molecular flexibility index (Phi) is 5.07. The summed E-state index contributed by atoms with van der Waals surface area (Å²) in [5.74, 6) is 1.06. The van der Waals surface area contributed by atoms with Gasteiger partial charge in [-0.15, -0.1) is 0 Å². The highest BCUT2D eigenvalue weighted by Gasteiger charge is 2.26. The molecule has 0 radical (unpaired) electrons. The van der Waals surface area contributed by atoms with Crippen LogP contribution >= 0.6 is 7.82 Å². The van der Waals surface area contributed by atoms with Crippen molar-refractivity contribution < 1.29 is 22.9 Å². The minimum atomic E-state index is -3.59. The molecule has 94 valence electrons. The van der Waals surface area contributed by atoms with Gasteiger partial charge >= 0.3 is 7.82 Å². The molecule has 6 heteroatoms. The molecule has 1 aromatic rings. The lowest BCUT2D eigenvalue weighted by Crippen LogP contribution is -1.96. The zero-order valence-corrected chi connectivity index (χ0v) is 10.8. The fourth-order valence-electron chi connectivity index (χ4n) is 1.00. The van der Waals surface area contributed by atoms with Gasteiger partial charge in [0.1, 0.15) is 11.5 Å². The van der Waals surface area contributed by atoms with Crippen LogP contribution in [0.15, 0.2) is 36.6 Å². The summed E-state index contributed by atoms with van der Waals surface area (Å²) in [6.07, 6.45) is 2.84. The summed E-state index contributed by atoms with van der Waals surface area (Å²) < 4.78 is 31.7. The molecule has 1 rings (SSSR count). The van der Waals surface area contributed by atoms with E-state index in [1.807, 2.05) is 0 Å². The summed E-state index contributed by atoms with van der Waals surface area (Å²) in [5, 5.41) is 0. The van der Waals surface area contributed by atoms with Crippen molar-refractivity contribution in [3.8, 4) is 11.5 Å². The Labute approximate surface area is 101 Å². The summed E-state index contributed by atoms with van der Waals surface area (Å²) in [5.41, 5.74) is 0. The standard InChI is InChI=1S/C11H15O5P/c1-4-9-15-17(12,14-3)16-11-7-5-10(13-2)6-8-11/h4-9H,1-3H3/b9-4+. The third-order valence-electron chi connectivity index (χ3n) is 1.83. The number of rotatable bonds is 6. The van der Waals surface area contributed by atoms with Crippen molar-refractivity contribution >= 4 is 7.82 Å². The van der Waals surface area contributed by atoms with Gasteiger partial charge in [-0.05, 0) is 31.2 Å². The van der Waals surface area contributed by atoms with Crippen LogP contribution in [0.2, 0.25) is 0 Å². The van der Waals surface area contributed by atoms with E-state index in [1.54, 1.807) is 44.4 Å². The second-order valence-corrected chi connectivity index (χ2v) is 4.62. The highest BCUT2D eigenvalue weighted by atomic mass is 31.2. The molecule has 1 atom stereocenters. The Morgan fingerprint density at radius 1 is 1.12 bits per heavy atom. The van der Waals surface area contributed by atoms with E-state index in [9.17, 15) is 4.57 Å². The molecule has 0 spiro atoms. The third-order valence-corrected chi connectivity index (χ3v) is 3.09. The quantitative estimate of drug-likeness (QED) is 0.578. The van der Waals surface area contributed by atoms with Gasteiger partial charge in [-0.2, -0.15) is 0 Å². The van der Waals surface area contributed by atoms with Crippen LogP contribution in [-0.2, 0) is 13.6 Å². The average molecular weight is 258 g/mol. The molecule has 0 heterocycles. The molecule has 1 unspecified atom stereocenters.